The van der Waals surface area contributed by atoms with E-state index in [-0.39, 0.29) is 18.9 Å². The molecule has 0 bridgehead atoms. The number of aromatic nitrogens is 4. The second-order valence-electron chi connectivity index (χ2n) is 7.08. The summed E-state index contributed by atoms with van der Waals surface area (Å²) >= 11 is 0. The maximum Gasteiger partial charge on any atom is 0.229 e. The lowest BCUT2D eigenvalue weighted by molar-refractivity contribution is 0.289. The van der Waals surface area contributed by atoms with E-state index in [4.69, 9.17) is 5.11 Å². The van der Waals surface area contributed by atoms with Crippen LogP contribution in [0.15, 0.2) is 60.9 Å². The maximum absolute atomic E-state index is 12.2. The molecule has 2 aromatic carbocycles. The van der Waals surface area contributed by atoms with Gasteiger partial charge in [-0.1, -0.05) is 18.2 Å². The molecule has 10 nitrogen and oxygen atoms in total. The average Bonchev–Trinajstić information content (AvgIpc) is 3.24. The summed E-state index contributed by atoms with van der Waals surface area (Å²) in [4.78, 5) is 8.74. The molecule has 5 N–H and O–H groups in total. The molecule has 0 aliphatic carbocycles. The number of hydrogen-bond donors (Lipinski definition) is 5. The van der Waals surface area contributed by atoms with E-state index in [0.717, 1.165) is 16.6 Å². The molecular weight excluding hydrogens is 430 g/mol. The standard InChI is InChI=1S/C21H23N7O3S/c29-11-3-9-24-32(30,31)14-15-4-1-5-16(12-15)25-21-22-10-8-20(27-21)26-18-6-2-7-19-17(18)13-23-28-19/h1-2,4-8,10,12-13,24,29H,3,9,11,14H2,(H,23,28)(H2,22,25,26,27). The summed E-state index contributed by atoms with van der Waals surface area (Å²) in [5.74, 6) is 0.809. The first kappa shape index (κ1) is 21.7. The lowest BCUT2D eigenvalue weighted by atomic mass is 10.2. The normalized spacial score (nSPS) is 11.5. The molecule has 0 unspecified atom stereocenters. The highest BCUT2D eigenvalue weighted by Crippen LogP contribution is 2.25. The summed E-state index contributed by atoms with van der Waals surface area (Å²) < 4.78 is 26.8. The lowest BCUT2D eigenvalue weighted by Crippen LogP contribution is -2.26. The first-order valence-corrected chi connectivity index (χ1v) is 11.6. The molecule has 0 amide bonds. The number of aliphatic hydroxyl groups excluding tert-OH is 1. The highest BCUT2D eigenvalue weighted by atomic mass is 32.2. The molecule has 0 aliphatic rings. The van der Waals surface area contributed by atoms with Gasteiger partial charge in [0.05, 0.1) is 23.2 Å². The summed E-state index contributed by atoms with van der Waals surface area (Å²) in [6, 6.07) is 14.6. The van der Waals surface area contributed by atoms with Crippen molar-refractivity contribution in [2.24, 2.45) is 0 Å². The Morgan fingerprint density at radius 2 is 1.94 bits per heavy atom. The first-order valence-electron chi connectivity index (χ1n) is 9.99. The van der Waals surface area contributed by atoms with E-state index in [9.17, 15) is 8.42 Å². The van der Waals surface area contributed by atoms with Crippen LogP contribution in [0.5, 0.6) is 0 Å². The van der Waals surface area contributed by atoms with Gasteiger partial charge in [-0.25, -0.2) is 18.1 Å². The Kier molecular flexibility index (Phi) is 6.59. The van der Waals surface area contributed by atoms with Crippen LogP contribution in [0.25, 0.3) is 10.9 Å². The van der Waals surface area contributed by atoms with Gasteiger partial charge >= 0.3 is 0 Å². The fraction of sp³-hybridized carbons (Fsp3) is 0.190. The van der Waals surface area contributed by atoms with Crippen molar-refractivity contribution in [3.05, 3.63) is 66.5 Å². The Labute approximate surface area is 185 Å². The average molecular weight is 454 g/mol. The number of nitrogens with zero attached hydrogens (tertiary/aromatic N) is 3. The van der Waals surface area contributed by atoms with Gasteiger partial charge in [-0.2, -0.15) is 10.1 Å². The second-order valence-corrected chi connectivity index (χ2v) is 8.89. The molecule has 11 heteroatoms. The molecule has 4 rings (SSSR count). The number of aromatic amines is 1. The Morgan fingerprint density at radius 1 is 1.06 bits per heavy atom. The molecule has 2 aromatic heterocycles. The molecule has 0 spiro atoms. The zero-order valence-corrected chi connectivity index (χ0v) is 17.9. The number of benzene rings is 2. The fourth-order valence-electron chi connectivity index (χ4n) is 3.15. The molecule has 0 atom stereocenters. The van der Waals surface area contributed by atoms with Crippen LogP contribution in [-0.2, 0) is 15.8 Å². The van der Waals surface area contributed by atoms with E-state index >= 15 is 0 Å². The van der Waals surface area contributed by atoms with Gasteiger partial charge in [-0.3, -0.25) is 5.10 Å². The molecule has 2 heterocycles. The van der Waals surface area contributed by atoms with Crippen molar-refractivity contribution >= 4 is 44.1 Å². The number of hydrogen-bond acceptors (Lipinski definition) is 8. The van der Waals surface area contributed by atoms with E-state index in [2.05, 4.69) is 35.5 Å². The van der Waals surface area contributed by atoms with Crippen LogP contribution < -0.4 is 15.4 Å². The van der Waals surface area contributed by atoms with Crippen molar-refractivity contribution < 1.29 is 13.5 Å². The summed E-state index contributed by atoms with van der Waals surface area (Å²) in [6.07, 6.45) is 3.75. The van der Waals surface area contributed by atoms with Crippen molar-refractivity contribution in [1.29, 1.82) is 0 Å². The Bertz CT molecular complexity index is 1310. The van der Waals surface area contributed by atoms with Gasteiger partial charge in [0, 0.05) is 30.4 Å². The topological polar surface area (TPSA) is 145 Å². The minimum atomic E-state index is -3.49. The van der Waals surface area contributed by atoms with Gasteiger partial charge in [-0.15, -0.1) is 0 Å². The third-order valence-corrected chi connectivity index (χ3v) is 5.96. The predicted molar refractivity (Wildman–Crippen MR) is 123 cm³/mol. The van der Waals surface area contributed by atoms with Gasteiger partial charge < -0.3 is 15.7 Å². The van der Waals surface area contributed by atoms with E-state index in [1.807, 2.05) is 24.3 Å². The summed E-state index contributed by atoms with van der Waals surface area (Å²) in [7, 11) is -3.49. The number of sulfonamides is 1. The number of H-pyrrole nitrogens is 1. The summed E-state index contributed by atoms with van der Waals surface area (Å²) in [5.41, 5.74) is 3.07. The molecule has 0 fully saturated rings. The van der Waals surface area contributed by atoms with Crippen molar-refractivity contribution in [3.8, 4) is 0 Å². The maximum atomic E-state index is 12.2. The van der Waals surface area contributed by atoms with Gasteiger partial charge in [0.2, 0.25) is 16.0 Å². The van der Waals surface area contributed by atoms with Crippen LogP contribution in [0, 0.1) is 0 Å². The third-order valence-electron chi connectivity index (χ3n) is 4.60. The SMILES string of the molecule is O=S(=O)(Cc1cccc(Nc2nccc(Nc3cccc4[nH]ncc34)n2)c1)NCCCO. The zero-order chi connectivity index (χ0) is 22.4. The highest BCUT2D eigenvalue weighted by molar-refractivity contribution is 7.88. The molecule has 0 saturated carbocycles. The fourth-order valence-corrected chi connectivity index (χ4v) is 4.32. The van der Waals surface area contributed by atoms with E-state index in [1.165, 1.54) is 0 Å². The van der Waals surface area contributed by atoms with E-state index in [1.54, 1.807) is 36.7 Å². The van der Waals surface area contributed by atoms with Crippen molar-refractivity contribution in [2.45, 2.75) is 12.2 Å². The number of aliphatic hydroxyl groups is 1. The van der Waals surface area contributed by atoms with Gasteiger partial charge in [-0.05, 0) is 42.3 Å². The van der Waals surface area contributed by atoms with Crippen LogP contribution in [0.1, 0.15) is 12.0 Å². The monoisotopic (exact) mass is 453 g/mol. The van der Waals surface area contributed by atoms with Crippen molar-refractivity contribution in [3.63, 3.8) is 0 Å². The van der Waals surface area contributed by atoms with Crippen LogP contribution >= 0.6 is 0 Å². The Hall–Kier alpha value is -3.54. The molecule has 0 radical (unpaired) electrons. The number of anilines is 4. The largest absolute Gasteiger partial charge is 0.396 e. The molecule has 4 aromatic rings. The zero-order valence-electron chi connectivity index (χ0n) is 17.1. The number of nitrogens with one attached hydrogen (secondary N) is 4. The molecule has 32 heavy (non-hydrogen) atoms. The second kappa shape index (κ2) is 9.73. The molecule has 166 valence electrons. The molecular formula is C21H23N7O3S. The minimum absolute atomic E-state index is 0.0624. The van der Waals surface area contributed by atoms with E-state index in [0.29, 0.717) is 29.4 Å². The summed E-state index contributed by atoms with van der Waals surface area (Å²) in [5, 5.41) is 23.1. The predicted octanol–water partition coefficient (Wildman–Crippen LogP) is 2.64. The first-order chi connectivity index (χ1) is 15.5. The van der Waals surface area contributed by atoms with Crippen LogP contribution in [0.2, 0.25) is 0 Å². The van der Waals surface area contributed by atoms with Crippen molar-refractivity contribution in [2.75, 3.05) is 23.8 Å². The van der Waals surface area contributed by atoms with Crippen molar-refractivity contribution in [1.82, 2.24) is 24.9 Å². The molecule has 0 aliphatic heterocycles. The van der Waals surface area contributed by atoms with Crippen LogP contribution in [-0.4, -0.2) is 46.8 Å². The van der Waals surface area contributed by atoms with Crippen LogP contribution in [0.4, 0.5) is 23.1 Å². The lowest BCUT2D eigenvalue weighted by Gasteiger charge is -2.10. The smallest absolute Gasteiger partial charge is 0.229 e. The summed E-state index contributed by atoms with van der Waals surface area (Å²) in [6.45, 7) is 0.143. The third kappa shape index (κ3) is 5.58. The molecule has 0 saturated heterocycles. The minimum Gasteiger partial charge on any atom is -0.396 e. The van der Waals surface area contributed by atoms with E-state index < -0.39 is 10.0 Å². The highest BCUT2D eigenvalue weighted by Gasteiger charge is 2.11. The number of fused-ring (bicyclic) bond motifs is 1. The quantitative estimate of drug-likeness (QED) is 0.230. The van der Waals surface area contributed by atoms with Gasteiger partial charge in [0.25, 0.3) is 0 Å². The van der Waals surface area contributed by atoms with Gasteiger partial charge in [0.15, 0.2) is 0 Å². The number of rotatable bonds is 10. The Morgan fingerprint density at radius 3 is 2.81 bits per heavy atom. The van der Waals surface area contributed by atoms with Gasteiger partial charge in [0.1, 0.15) is 5.82 Å². The Balaban J connectivity index is 1.46. The van der Waals surface area contributed by atoms with Crippen LogP contribution in [0.3, 0.4) is 0 Å².